The van der Waals surface area contributed by atoms with E-state index in [1.807, 2.05) is 53.6 Å². The van der Waals surface area contributed by atoms with E-state index >= 15 is 0 Å². The quantitative estimate of drug-likeness (QED) is 0.689. The predicted molar refractivity (Wildman–Crippen MR) is 99.9 cm³/mol. The fourth-order valence-electron chi connectivity index (χ4n) is 3.07. The van der Waals surface area contributed by atoms with E-state index in [9.17, 15) is 9.59 Å². The molecule has 0 radical (unpaired) electrons. The maximum atomic E-state index is 13.0. The van der Waals surface area contributed by atoms with Crippen LogP contribution < -0.4 is 0 Å². The summed E-state index contributed by atoms with van der Waals surface area (Å²) in [5, 5.41) is 0. The maximum Gasteiger partial charge on any atom is 0.242 e. The molecule has 1 aliphatic carbocycles. The van der Waals surface area contributed by atoms with Gasteiger partial charge in [-0.05, 0) is 36.8 Å². The van der Waals surface area contributed by atoms with Crippen LogP contribution in [0.1, 0.15) is 52.7 Å². The Kier molecular flexibility index (Phi) is 6.68. The number of hydrogen-bond acceptors (Lipinski definition) is 2. The summed E-state index contributed by atoms with van der Waals surface area (Å²) in [6.07, 6.45) is 4.57. The number of rotatable bonds is 9. The van der Waals surface area contributed by atoms with Gasteiger partial charge in [-0.2, -0.15) is 0 Å². The molecule has 1 aliphatic rings. The van der Waals surface area contributed by atoms with E-state index in [1.54, 1.807) is 0 Å². The molecule has 5 heteroatoms. The van der Waals surface area contributed by atoms with Crippen LogP contribution in [0.15, 0.2) is 18.3 Å². The molecule has 1 aromatic rings. The fourth-order valence-corrected chi connectivity index (χ4v) is 3.07. The van der Waals surface area contributed by atoms with E-state index in [1.165, 1.54) is 0 Å². The maximum absolute atomic E-state index is 13.0. The number of aryl methyl sites for hydroxylation is 1. The van der Waals surface area contributed by atoms with Crippen LogP contribution in [0.3, 0.4) is 0 Å². The Morgan fingerprint density at radius 2 is 1.84 bits per heavy atom. The van der Waals surface area contributed by atoms with Crippen molar-refractivity contribution in [1.29, 1.82) is 0 Å². The highest BCUT2D eigenvalue weighted by Crippen LogP contribution is 2.28. The van der Waals surface area contributed by atoms with Gasteiger partial charge in [0.25, 0.3) is 0 Å². The average Bonchev–Trinajstić information content (AvgIpc) is 3.26. The molecule has 0 N–H and O–H groups in total. The van der Waals surface area contributed by atoms with Gasteiger partial charge < -0.3 is 14.4 Å². The van der Waals surface area contributed by atoms with Crippen molar-refractivity contribution in [1.82, 2.24) is 14.4 Å². The summed E-state index contributed by atoms with van der Waals surface area (Å²) in [5.74, 6) is 0.886. The zero-order valence-electron chi connectivity index (χ0n) is 16.4. The first-order valence-electron chi connectivity index (χ1n) is 9.45. The first kappa shape index (κ1) is 19.5. The molecule has 2 rings (SSSR count). The normalized spacial score (nSPS) is 14.2. The Morgan fingerprint density at radius 1 is 1.16 bits per heavy atom. The molecule has 0 bridgehead atoms. The molecular weight excluding hydrogens is 314 g/mol. The lowest BCUT2D eigenvalue weighted by Gasteiger charge is -2.29. The van der Waals surface area contributed by atoms with Crippen LogP contribution in [0.2, 0.25) is 0 Å². The molecule has 0 unspecified atom stereocenters. The topological polar surface area (TPSA) is 45.6 Å². The minimum absolute atomic E-state index is 0.0545. The summed E-state index contributed by atoms with van der Waals surface area (Å²) in [7, 11) is 2.00. The third-order valence-corrected chi connectivity index (χ3v) is 4.54. The third kappa shape index (κ3) is 5.91. The van der Waals surface area contributed by atoms with E-state index in [-0.39, 0.29) is 24.4 Å². The highest BCUT2D eigenvalue weighted by Gasteiger charge is 2.34. The van der Waals surface area contributed by atoms with Gasteiger partial charge in [-0.1, -0.05) is 27.7 Å². The van der Waals surface area contributed by atoms with Gasteiger partial charge in [-0.25, -0.2) is 0 Å². The summed E-state index contributed by atoms with van der Waals surface area (Å²) >= 11 is 0. The number of aromatic nitrogens is 1. The van der Waals surface area contributed by atoms with Gasteiger partial charge in [0.1, 0.15) is 6.54 Å². The molecule has 1 fully saturated rings. The predicted octanol–water partition coefficient (Wildman–Crippen LogP) is 3.05. The summed E-state index contributed by atoms with van der Waals surface area (Å²) < 4.78 is 2.04. The van der Waals surface area contributed by atoms with Gasteiger partial charge in [0, 0.05) is 37.9 Å². The SMILES string of the molecule is CC(C)CC(=O)N(CC(=O)N(Cc1cccn1C)CC(C)C)C1CC1. The zero-order chi connectivity index (χ0) is 18.6. The lowest BCUT2D eigenvalue weighted by Crippen LogP contribution is -2.45. The van der Waals surface area contributed by atoms with Crippen molar-refractivity contribution in [2.45, 2.75) is 59.5 Å². The van der Waals surface area contributed by atoms with Crippen LogP contribution >= 0.6 is 0 Å². The monoisotopic (exact) mass is 347 g/mol. The van der Waals surface area contributed by atoms with Crippen LogP contribution in [0.5, 0.6) is 0 Å². The first-order chi connectivity index (χ1) is 11.8. The van der Waals surface area contributed by atoms with Crippen molar-refractivity contribution < 1.29 is 9.59 Å². The highest BCUT2D eigenvalue weighted by atomic mass is 16.2. The van der Waals surface area contributed by atoms with Crippen LogP contribution in [0.4, 0.5) is 0 Å². The second kappa shape index (κ2) is 8.54. The molecule has 0 saturated heterocycles. The van der Waals surface area contributed by atoms with E-state index in [4.69, 9.17) is 0 Å². The second-order valence-electron chi connectivity index (χ2n) is 8.13. The molecule has 1 saturated carbocycles. The Balaban J connectivity index is 2.06. The van der Waals surface area contributed by atoms with E-state index < -0.39 is 0 Å². The third-order valence-electron chi connectivity index (χ3n) is 4.54. The lowest BCUT2D eigenvalue weighted by atomic mass is 10.1. The Morgan fingerprint density at radius 3 is 2.32 bits per heavy atom. The molecule has 0 spiro atoms. The lowest BCUT2D eigenvalue weighted by molar-refractivity contribution is -0.142. The minimum Gasteiger partial charge on any atom is -0.353 e. The molecule has 0 aliphatic heterocycles. The summed E-state index contributed by atoms with van der Waals surface area (Å²) in [4.78, 5) is 29.2. The van der Waals surface area contributed by atoms with Crippen LogP contribution in [-0.2, 0) is 23.2 Å². The van der Waals surface area contributed by atoms with Crippen molar-refractivity contribution in [2.24, 2.45) is 18.9 Å². The summed E-state index contributed by atoms with van der Waals surface area (Å²) in [5.41, 5.74) is 1.11. The van der Waals surface area contributed by atoms with E-state index in [0.717, 1.165) is 18.5 Å². The standard InChI is InChI=1S/C20H33N3O2/c1-15(2)11-19(24)23(17-8-9-17)14-20(25)22(12-16(3)4)13-18-7-6-10-21(18)5/h6-7,10,15-17H,8-9,11-14H2,1-5H3. The minimum atomic E-state index is 0.0545. The van der Waals surface area contributed by atoms with Crippen LogP contribution in [0.25, 0.3) is 0 Å². The van der Waals surface area contributed by atoms with Gasteiger partial charge in [-0.3, -0.25) is 9.59 Å². The van der Waals surface area contributed by atoms with Gasteiger partial charge in [0.05, 0.1) is 6.54 Å². The zero-order valence-corrected chi connectivity index (χ0v) is 16.4. The van der Waals surface area contributed by atoms with Gasteiger partial charge in [0.2, 0.25) is 11.8 Å². The Hall–Kier alpha value is -1.78. The highest BCUT2D eigenvalue weighted by molar-refractivity contribution is 5.85. The second-order valence-corrected chi connectivity index (χ2v) is 8.13. The number of amides is 2. The first-order valence-corrected chi connectivity index (χ1v) is 9.45. The van der Waals surface area contributed by atoms with Gasteiger partial charge in [-0.15, -0.1) is 0 Å². The number of carbonyl (C=O) groups excluding carboxylic acids is 2. The smallest absolute Gasteiger partial charge is 0.242 e. The largest absolute Gasteiger partial charge is 0.353 e. The van der Waals surface area contributed by atoms with Crippen molar-refractivity contribution >= 4 is 11.8 Å². The molecule has 140 valence electrons. The molecular formula is C20H33N3O2. The molecule has 2 amide bonds. The molecule has 5 nitrogen and oxygen atoms in total. The van der Waals surface area contributed by atoms with Crippen LogP contribution in [-0.4, -0.2) is 45.3 Å². The van der Waals surface area contributed by atoms with Gasteiger partial charge in [0.15, 0.2) is 0 Å². The summed E-state index contributed by atoms with van der Waals surface area (Å²) in [6.45, 7) is 9.85. The molecule has 0 atom stereocenters. The molecule has 1 aromatic heterocycles. The molecule has 25 heavy (non-hydrogen) atoms. The number of carbonyl (C=O) groups is 2. The molecule has 0 aromatic carbocycles. The van der Waals surface area contributed by atoms with E-state index in [0.29, 0.717) is 31.3 Å². The van der Waals surface area contributed by atoms with Crippen molar-refractivity contribution in [3.63, 3.8) is 0 Å². The Labute approximate surface area is 152 Å². The van der Waals surface area contributed by atoms with Gasteiger partial charge >= 0.3 is 0 Å². The molecule has 1 heterocycles. The summed E-state index contributed by atoms with van der Waals surface area (Å²) in [6, 6.07) is 4.31. The van der Waals surface area contributed by atoms with Crippen molar-refractivity contribution in [3.8, 4) is 0 Å². The average molecular weight is 348 g/mol. The Bertz CT molecular complexity index is 588. The fraction of sp³-hybridized carbons (Fsp3) is 0.700. The van der Waals surface area contributed by atoms with Crippen molar-refractivity contribution in [3.05, 3.63) is 24.0 Å². The van der Waals surface area contributed by atoms with E-state index in [2.05, 4.69) is 13.8 Å². The number of hydrogen-bond donors (Lipinski definition) is 0. The van der Waals surface area contributed by atoms with Crippen molar-refractivity contribution in [2.75, 3.05) is 13.1 Å². The number of nitrogens with zero attached hydrogens (tertiary/aromatic N) is 3. The van der Waals surface area contributed by atoms with Crippen LogP contribution in [0, 0.1) is 11.8 Å².